The van der Waals surface area contributed by atoms with E-state index in [9.17, 15) is 5.11 Å². The van der Waals surface area contributed by atoms with Crippen molar-refractivity contribution in [3.05, 3.63) is 46.2 Å². The third kappa shape index (κ3) is 3.68. The zero-order valence-electron chi connectivity index (χ0n) is 13.6. The number of aliphatic hydroxyl groups is 1. The lowest BCUT2D eigenvalue weighted by atomic mass is 9.84. The van der Waals surface area contributed by atoms with E-state index in [1.807, 2.05) is 18.2 Å². The maximum Gasteiger partial charge on any atom is 0.122 e. The Kier molecular flexibility index (Phi) is 4.90. The van der Waals surface area contributed by atoms with Crippen molar-refractivity contribution in [2.24, 2.45) is 0 Å². The summed E-state index contributed by atoms with van der Waals surface area (Å²) in [5.74, 6) is 1.43. The van der Waals surface area contributed by atoms with Crippen LogP contribution in [0.5, 0.6) is 11.5 Å². The number of piperidine rings is 1. The summed E-state index contributed by atoms with van der Waals surface area (Å²) in [4.78, 5) is 3.77. The predicted octanol–water partition coefficient (Wildman–Crippen LogP) is 3.25. The van der Waals surface area contributed by atoms with E-state index in [0.717, 1.165) is 25.2 Å². The molecular weight excluding hydrogens is 310 g/mol. The molecule has 1 saturated heterocycles. The summed E-state index contributed by atoms with van der Waals surface area (Å²) in [6, 6.07) is 9.91. The van der Waals surface area contributed by atoms with Crippen LogP contribution in [0.15, 0.2) is 35.7 Å². The van der Waals surface area contributed by atoms with E-state index in [4.69, 9.17) is 9.47 Å². The SMILES string of the molecule is COc1cc(OC)cc(C2(O)CCN(Cc3cccs3)CC2)c1. The average Bonchev–Trinajstić information content (AvgIpc) is 3.09. The first-order valence-electron chi connectivity index (χ1n) is 7.83. The summed E-state index contributed by atoms with van der Waals surface area (Å²) >= 11 is 1.79. The maximum absolute atomic E-state index is 11.1. The van der Waals surface area contributed by atoms with Crippen LogP contribution < -0.4 is 9.47 Å². The molecule has 4 nitrogen and oxygen atoms in total. The Morgan fingerprint density at radius 1 is 1.13 bits per heavy atom. The number of thiophene rings is 1. The van der Waals surface area contributed by atoms with Crippen LogP contribution in [-0.2, 0) is 12.1 Å². The molecule has 5 heteroatoms. The summed E-state index contributed by atoms with van der Waals surface area (Å²) < 4.78 is 10.6. The average molecular weight is 333 g/mol. The highest BCUT2D eigenvalue weighted by Crippen LogP contribution is 2.37. The van der Waals surface area contributed by atoms with Crippen molar-refractivity contribution in [3.8, 4) is 11.5 Å². The molecule has 1 aromatic carbocycles. The van der Waals surface area contributed by atoms with Gasteiger partial charge in [-0.1, -0.05) is 6.07 Å². The normalized spacial score (nSPS) is 17.9. The van der Waals surface area contributed by atoms with Crippen LogP contribution in [0.3, 0.4) is 0 Å². The van der Waals surface area contributed by atoms with Crippen molar-refractivity contribution in [3.63, 3.8) is 0 Å². The lowest BCUT2D eigenvalue weighted by molar-refractivity contribution is -0.0277. The smallest absolute Gasteiger partial charge is 0.122 e. The van der Waals surface area contributed by atoms with Gasteiger partial charge in [0.1, 0.15) is 11.5 Å². The van der Waals surface area contributed by atoms with Gasteiger partial charge in [0.25, 0.3) is 0 Å². The molecule has 0 aliphatic carbocycles. The third-order valence-electron chi connectivity index (χ3n) is 4.53. The molecule has 1 aliphatic rings. The number of benzene rings is 1. The highest BCUT2D eigenvalue weighted by Gasteiger charge is 2.34. The van der Waals surface area contributed by atoms with Crippen LogP contribution >= 0.6 is 11.3 Å². The summed E-state index contributed by atoms with van der Waals surface area (Å²) in [7, 11) is 3.26. The van der Waals surface area contributed by atoms with E-state index in [-0.39, 0.29) is 0 Å². The molecule has 2 heterocycles. The minimum atomic E-state index is -0.812. The molecule has 1 N–H and O–H groups in total. The van der Waals surface area contributed by atoms with Crippen molar-refractivity contribution in [1.29, 1.82) is 0 Å². The largest absolute Gasteiger partial charge is 0.497 e. The second-order valence-corrected chi connectivity index (χ2v) is 7.02. The molecule has 0 bridgehead atoms. The number of likely N-dealkylation sites (tertiary alicyclic amines) is 1. The Labute approximate surface area is 141 Å². The van der Waals surface area contributed by atoms with Crippen molar-refractivity contribution < 1.29 is 14.6 Å². The Balaban J connectivity index is 1.71. The Bertz CT molecular complexity index is 611. The molecule has 1 aliphatic heterocycles. The Morgan fingerprint density at radius 3 is 2.30 bits per heavy atom. The monoisotopic (exact) mass is 333 g/mol. The zero-order chi connectivity index (χ0) is 16.3. The van der Waals surface area contributed by atoms with Crippen molar-refractivity contribution >= 4 is 11.3 Å². The standard InChI is InChI=1S/C18H23NO3S/c1-21-15-10-14(11-16(12-15)22-2)18(20)5-7-19(8-6-18)13-17-4-3-9-23-17/h3-4,9-12,20H,5-8,13H2,1-2H3. The van der Waals surface area contributed by atoms with E-state index in [2.05, 4.69) is 22.4 Å². The van der Waals surface area contributed by atoms with Crippen LogP contribution in [0, 0.1) is 0 Å². The molecule has 124 valence electrons. The van der Waals surface area contributed by atoms with Gasteiger partial charge in [0.15, 0.2) is 0 Å². The molecule has 2 aromatic rings. The van der Waals surface area contributed by atoms with E-state index >= 15 is 0 Å². The van der Waals surface area contributed by atoms with E-state index < -0.39 is 5.60 Å². The van der Waals surface area contributed by atoms with Crippen LogP contribution in [0.25, 0.3) is 0 Å². The van der Waals surface area contributed by atoms with Crippen LogP contribution in [0.4, 0.5) is 0 Å². The molecule has 1 aromatic heterocycles. The third-order valence-corrected chi connectivity index (χ3v) is 5.39. The molecule has 3 rings (SSSR count). The molecule has 0 radical (unpaired) electrons. The fourth-order valence-corrected chi connectivity index (χ4v) is 3.81. The predicted molar refractivity (Wildman–Crippen MR) is 92.3 cm³/mol. The van der Waals surface area contributed by atoms with Gasteiger partial charge in [0.2, 0.25) is 0 Å². The fraction of sp³-hybridized carbons (Fsp3) is 0.444. The van der Waals surface area contributed by atoms with Gasteiger partial charge in [0, 0.05) is 30.6 Å². The van der Waals surface area contributed by atoms with Crippen molar-refractivity contribution in [2.45, 2.75) is 25.0 Å². The van der Waals surface area contributed by atoms with Gasteiger partial charge in [-0.25, -0.2) is 0 Å². The van der Waals surface area contributed by atoms with E-state index in [0.29, 0.717) is 24.3 Å². The molecule has 0 spiro atoms. The number of hydrogen-bond acceptors (Lipinski definition) is 5. The molecule has 0 amide bonds. The van der Waals surface area contributed by atoms with Crippen LogP contribution in [0.2, 0.25) is 0 Å². The number of ether oxygens (including phenoxy) is 2. The molecule has 23 heavy (non-hydrogen) atoms. The Hall–Kier alpha value is -1.56. The highest BCUT2D eigenvalue weighted by atomic mass is 32.1. The second kappa shape index (κ2) is 6.91. The van der Waals surface area contributed by atoms with E-state index in [1.54, 1.807) is 25.6 Å². The van der Waals surface area contributed by atoms with Crippen molar-refractivity contribution in [1.82, 2.24) is 4.90 Å². The van der Waals surface area contributed by atoms with Gasteiger partial charge < -0.3 is 14.6 Å². The van der Waals surface area contributed by atoms with Gasteiger partial charge in [-0.3, -0.25) is 4.90 Å². The van der Waals surface area contributed by atoms with Gasteiger partial charge in [0.05, 0.1) is 19.8 Å². The highest BCUT2D eigenvalue weighted by molar-refractivity contribution is 7.09. The topological polar surface area (TPSA) is 41.9 Å². The quantitative estimate of drug-likeness (QED) is 0.912. The van der Waals surface area contributed by atoms with Gasteiger partial charge in [-0.05, 0) is 42.0 Å². The van der Waals surface area contributed by atoms with Gasteiger partial charge in [-0.2, -0.15) is 0 Å². The lowest BCUT2D eigenvalue weighted by Gasteiger charge is -2.38. The number of nitrogens with zero attached hydrogens (tertiary/aromatic N) is 1. The van der Waals surface area contributed by atoms with E-state index in [1.165, 1.54) is 4.88 Å². The summed E-state index contributed by atoms with van der Waals surface area (Å²) in [5, 5.41) is 13.2. The summed E-state index contributed by atoms with van der Waals surface area (Å²) in [5.41, 5.74) is 0.0674. The van der Waals surface area contributed by atoms with Crippen LogP contribution in [-0.4, -0.2) is 37.3 Å². The van der Waals surface area contributed by atoms with Gasteiger partial charge >= 0.3 is 0 Å². The minimum absolute atomic E-state index is 0.716. The molecular formula is C18H23NO3S. The summed E-state index contributed by atoms with van der Waals surface area (Å²) in [6.45, 7) is 2.73. The number of hydrogen-bond donors (Lipinski definition) is 1. The number of methoxy groups -OCH3 is 2. The number of rotatable bonds is 5. The van der Waals surface area contributed by atoms with Gasteiger partial charge in [-0.15, -0.1) is 11.3 Å². The summed E-state index contributed by atoms with van der Waals surface area (Å²) in [6.07, 6.45) is 1.43. The lowest BCUT2D eigenvalue weighted by Crippen LogP contribution is -2.42. The molecule has 0 unspecified atom stereocenters. The maximum atomic E-state index is 11.1. The van der Waals surface area contributed by atoms with Crippen LogP contribution in [0.1, 0.15) is 23.3 Å². The second-order valence-electron chi connectivity index (χ2n) is 5.99. The first-order chi connectivity index (χ1) is 11.1. The molecule has 1 fully saturated rings. The molecule has 0 atom stereocenters. The van der Waals surface area contributed by atoms with Crippen molar-refractivity contribution in [2.75, 3.05) is 27.3 Å². The fourth-order valence-electron chi connectivity index (χ4n) is 3.07. The Morgan fingerprint density at radius 2 is 1.78 bits per heavy atom. The first kappa shape index (κ1) is 16.3. The minimum Gasteiger partial charge on any atom is -0.497 e. The zero-order valence-corrected chi connectivity index (χ0v) is 14.4. The first-order valence-corrected chi connectivity index (χ1v) is 8.71. The molecule has 0 saturated carbocycles.